The van der Waals surface area contributed by atoms with E-state index in [2.05, 4.69) is 5.32 Å². The van der Waals surface area contributed by atoms with Gasteiger partial charge in [0, 0.05) is 31.8 Å². The van der Waals surface area contributed by atoms with E-state index in [1.165, 1.54) is 4.90 Å². The standard InChI is InChI=1S/C22H26N2O5/c1-4-28-19-8-6-5-7-16(19)11-14-21(26)29-15-20(25)23-18-12-9-17(10-13-18)22(27)24(2)3/h5-10,12-13H,4,11,14-15H2,1-3H3,(H,23,25). The molecule has 2 aromatic rings. The van der Waals surface area contributed by atoms with Gasteiger partial charge in [-0.2, -0.15) is 0 Å². The largest absolute Gasteiger partial charge is 0.494 e. The summed E-state index contributed by atoms with van der Waals surface area (Å²) in [7, 11) is 3.34. The lowest BCUT2D eigenvalue weighted by Gasteiger charge is -2.11. The zero-order chi connectivity index (χ0) is 21.2. The van der Waals surface area contributed by atoms with E-state index in [4.69, 9.17) is 9.47 Å². The van der Waals surface area contributed by atoms with Gasteiger partial charge in [-0.05, 0) is 49.2 Å². The minimum Gasteiger partial charge on any atom is -0.494 e. The first-order valence-electron chi connectivity index (χ1n) is 9.38. The molecular formula is C22H26N2O5. The van der Waals surface area contributed by atoms with Gasteiger partial charge in [-0.25, -0.2) is 0 Å². The number of para-hydroxylation sites is 1. The van der Waals surface area contributed by atoms with Gasteiger partial charge in [0.05, 0.1) is 6.61 Å². The number of benzene rings is 2. The smallest absolute Gasteiger partial charge is 0.306 e. The summed E-state index contributed by atoms with van der Waals surface area (Å²) in [5, 5.41) is 2.63. The Morgan fingerprint density at radius 2 is 1.69 bits per heavy atom. The van der Waals surface area contributed by atoms with Crippen molar-refractivity contribution in [2.75, 3.05) is 32.6 Å². The molecule has 29 heavy (non-hydrogen) atoms. The average Bonchev–Trinajstić information content (AvgIpc) is 2.72. The minimum absolute atomic E-state index is 0.122. The maximum Gasteiger partial charge on any atom is 0.306 e. The highest BCUT2D eigenvalue weighted by Gasteiger charge is 2.11. The lowest BCUT2D eigenvalue weighted by molar-refractivity contribution is -0.147. The van der Waals surface area contributed by atoms with E-state index >= 15 is 0 Å². The van der Waals surface area contributed by atoms with Crippen molar-refractivity contribution in [2.45, 2.75) is 19.8 Å². The summed E-state index contributed by atoms with van der Waals surface area (Å²) in [5.74, 6) is -0.280. The fourth-order valence-electron chi connectivity index (χ4n) is 2.61. The molecule has 2 rings (SSSR count). The molecule has 0 fully saturated rings. The highest BCUT2D eigenvalue weighted by molar-refractivity contribution is 5.96. The number of amides is 2. The maximum atomic E-state index is 12.0. The van der Waals surface area contributed by atoms with Crippen LogP contribution in [0.2, 0.25) is 0 Å². The van der Waals surface area contributed by atoms with Crippen LogP contribution in [0.3, 0.4) is 0 Å². The van der Waals surface area contributed by atoms with Crippen LogP contribution in [-0.4, -0.2) is 50.0 Å². The Hall–Kier alpha value is -3.35. The predicted octanol–water partition coefficient (Wildman–Crippen LogP) is 2.90. The Bertz CT molecular complexity index is 847. The molecule has 0 spiro atoms. The number of rotatable bonds is 9. The molecule has 0 bridgehead atoms. The predicted molar refractivity (Wildman–Crippen MR) is 110 cm³/mol. The van der Waals surface area contributed by atoms with E-state index in [0.717, 1.165) is 11.3 Å². The number of nitrogens with zero attached hydrogens (tertiary/aromatic N) is 1. The first kappa shape index (κ1) is 21.9. The van der Waals surface area contributed by atoms with Crippen LogP contribution in [0, 0.1) is 0 Å². The molecule has 0 heterocycles. The van der Waals surface area contributed by atoms with Crippen molar-refractivity contribution in [1.29, 1.82) is 0 Å². The van der Waals surface area contributed by atoms with Gasteiger partial charge in [0.15, 0.2) is 6.61 Å². The summed E-state index contributed by atoms with van der Waals surface area (Å²) < 4.78 is 10.6. The number of ether oxygens (including phenoxy) is 2. The molecule has 0 saturated heterocycles. The molecule has 0 saturated carbocycles. The highest BCUT2D eigenvalue weighted by atomic mass is 16.5. The Morgan fingerprint density at radius 1 is 1.00 bits per heavy atom. The van der Waals surface area contributed by atoms with Crippen LogP contribution in [0.4, 0.5) is 5.69 Å². The van der Waals surface area contributed by atoms with Gasteiger partial charge >= 0.3 is 5.97 Å². The molecule has 0 atom stereocenters. The van der Waals surface area contributed by atoms with Crippen molar-refractivity contribution >= 4 is 23.5 Å². The molecule has 7 nitrogen and oxygen atoms in total. The summed E-state index contributed by atoms with van der Waals surface area (Å²) in [6.45, 7) is 2.08. The Morgan fingerprint density at radius 3 is 2.34 bits per heavy atom. The van der Waals surface area contributed by atoms with Gasteiger partial charge in [-0.1, -0.05) is 18.2 Å². The molecular weight excluding hydrogens is 372 g/mol. The highest BCUT2D eigenvalue weighted by Crippen LogP contribution is 2.19. The Balaban J connectivity index is 1.77. The number of nitrogens with one attached hydrogen (secondary N) is 1. The fourth-order valence-corrected chi connectivity index (χ4v) is 2.61. The van der Waals surface area contributed by atoms with Crippen molar-refractivity contribution in [1.82, 2.24) is 4.90 Å². The lowest BCUT2D eigenvalue weighted by atomic mass is 10.1. The lowest BCUT2D eigenvalue weighted by Crippen LogP contribution is -2.22. The van der Waals surface area contributed by atoms with E-state index in [-0.39, 0.29) is 18.9 Å². The molecule has 154 valence electrons. The molecule has 0 aromatic heterocycles. The quantitative estimate of drug-likeness (QED) is 0.657. The molecule has 7 heteroatoms. The summed E-state index contributed by atoms with van der Waals surface area (Å²) in [6, 6.07) is 14.0. The van der Waals surface area contributed by atoms with E-state index in [9.17, 15) is 14.4 Å². The zero-order valence-electron chi connectivity index (χ0n) is 16.9. The van der Waals surface area contributed by atoms with Gasteiger partial charge in [0.2, 0.25) is 0 Å². The van der Waals surface area contributed by atoms with Gasteiger partial charge in [0.1, 0.15) is 5.75 Å². The van der Waals surface area contributed by atoms with Gasteiger partial charge in [-0.15, -0.1) is 0 Å². The third-order valence-corrected chi connectivity index (χ3v) is 4.06. The van der Waals surface area contributed by atoms with Crippen LogP contribution in [0.1, 0.15) is 29.3 Å². The van der Waals surface area contributed by atoms with Crippen molar-refractivity contribution in [3.8, 4) is 5.75 Å². The van der Waals surface area contributed by atoms with Gasteiger partial charge < -0.3 is 19.7 Å². The molecule has 2 amide bonds. The average molecular weight is 398 g/mol. The normalized spacial score (nSPS) is 10.2. The van der Waals surface area contributed by atoms with Crippen LogP contribution in [0.25, 0.3) is 0 Å². The number of aryl methyl sites for hydroxylation is 1. The monoisotopic (exact) mass is 398 g/mol. The summed E-state index contributed by atoms with van der Waals surface area (Å²) >= 11 is 0. The summed E-state index contributed by atoms with van der Waals surface area (Å²) in [4.78, 5) is 37.2. The van der Waals surface area contributed by atoms with E-state index in [1.54, 1.807) is 38.4 Å². The van der Waals surface area contributed by atoms with E-state index < -0.39 is 11.9 Å². The number of hydrogen-bond acceptors (Lipinski definition) is 5. The van der Waals surface area contributed by atoms with Crippen LogP contribution in [0.5, 0.6) is 5.75 Å². The Labute approximate surface area is 170 Å². The second kappa shape index (κ2) is 10.8. The van der Waals surface area contributed by atoms with Crippen LogP contribution >= 0.6 is 0 Å². The third kappa shape index (κ3) is 6.95. The molecule has 0 radical (unpaired) electrons. The Kier molecular flexibility index (Phi) is 8.21. The molecule has 2 aromatic carbocycles. The molecule has 0 aliphatic heterocycles. The van der Waals surface area contributed by atoms with Crippen molar-refractivity contribution in [3.63, 3.8) is 0 Å². The molecule has 0 unspecified atom stereocenters. The van der Waals surface area contributed by atoms with E-state index in [0.29, 0.717) is 24.3 Å². The first-order chi connectivity index (χ1) is 13.9. The minimum atomic E-state index is -0.460. The third-order valence-electron chi connectivity index (χ3n) is 4.06. The number of carbonyl (C=O) groups is 3. The molecule has 0 aliphatic rings. The van der Waals surface area contributed by atoms with Crippen molar-refractivity contribution in [3.05, 3.63) is 59.7 Å². The number of anilines is 1. The second-order valence-electron chi connectivity index (χ2n) is 6.53. The van der Waals surface area contributed by atoms with Crippen molar-refractivity contribution in [2.24, 2.45) is 0 Å². The van der Waals surface area contributed by atoms with E-state index in [1.807, 2.05) is 31.2 Å². The maximum absolute atomic E-state index is 12.0. The zero-order valence-corrected chi connectivity index (χ0v) is 16.9. The number of hydrogen-bond donors (Lipinski definition) is 1. The van der Waals surface area contributed by atoms with Crippen LogP contribution in [0.15, 0.2) is 48.5 Å². The summed E-state index contributed by atoms with van der Waals surface area (Å²) in [5.41, 5.74) is 1.96. The number of carbonyl (C=O) groups excluding carboxylic acids is 3. The fraction of sp³-hybridized carbons (Fsp3) is 0.318. The van der Waals surface area contributed by atoms with Gasteiger partial charge in [-0.3, -0.25) is 14.4 Å². The first-order valence-corrected chi connectivity index (χ1v) is 9.38. The number of esters is 1. The SMILES string of the molecule is CCOc1ccccc1CCC(=O)OCC(=O)Nc1ccc(C(=O)N(C)C)cc1. The molecule has 1 N–H and O–H groups in total. The van der Waals surface area contributed by atoms with Crippen molar-refractivity contribution < 1.29 is 23.9 Å². The van der Waals surface area contributed by atoms with Gasteiger partial charge in [0.25, 0.3) is 11.8 Å². The van der Waals surface area contributed by atoms with Crippen LogP contribution < -0.4 is 10.1 Å². The van der Waals surface area contributed by atoms with Crippen LogP contribution in [-0.2, 0) is 20.7 Å². The molecule has 0 aliphatic carbocycles. The summed E-state index contributed by atoms with van der Waals surface area (Å²) in [6.07, 6.45) is 0.622. The second-order valence-corrected chi connectivity index (χ2v) is 6.53. The topological polar surface area (TPSA) is 84.9 Å².